The van der Waals surface area contributed by atoms with Gasteiger partial charge in [0.2, 0.25) is 0 Å². The van der Waals surface area contributed by atoms with Crippen LogP contribution in [0, 0.1) is 0 Å². The van der Waals surface area contributed by atoms with E-state index in [0.717, 1.165) is 9.79 Å². The second-order valence-corrected chi connectivity index (χ2v) is 4.99. The van der Waals surface area contributed by atoms with Crippen LogP contribution < -0.4 is 0 Å². The van der Waals surface area contributed by atoms with Crippen molar-refractivity contribution in [1.29, 1.82) is 0 Å². The lowest BCUT2D eigenvalue weighted by atomic mass is 10.4. The van der Waals surface area contributed by atoms with Crippen molar-refractivity contribution in [3.63, 3.8) is 0 Å². The maximum absolute atomic E-state index is 12.0. The quantitative estimate of drug-likeness (QED) is 0.826. The van der Waals surface area contributed by atoms with Crippen LogP contribution in [0.5, 0.6) is 0 Å². The number of benzene rings is 2. The monoisotopic (exact) mass is 292 g/mol. The number of rotatable bonds is 2. The van der Waals surface area contributed by atoms with E-state index in [2.05, 4.69) is 0 Å². The fraction of sp³-hybridized carbons (Fsp3) is 0. The maximum atomic E-state index is 12.0. The molecule has 5 nitrogen and oxygen atoms in total. The average Bonchev–Trinajstić information content (AvgIpc) is 2.49. The van der Waals surface area contributed by atoms with E-state index < -0.39 is 22.7 Å². The van der Waals surface area contributed by atoms with Crippen molar-refractivity contribution in [2.75, 3.05) is 0 Å². The molecule has 0 saturated heterocycles. The van der Waals surface area contributed by atoms with E-state index in [-0.39, 0.29) is 0 Å². The first-order chi connectivity index (χ1) is 9.52. The number of carbonyl (C=O) groups is 2. The summed E-state index contributed by atoms with van der Waals surface area (Å²) in [5.41, 5.74) is 0. The number of hydrogen-bond donors (Lipinski definition) is 2. The summed E-state index contributed by atoms with van der Waals surface area (Å²) in [6.07, 6.45) is 0. The van der Waals surface area contributed by atoms with Gasteiger partial charge < -0.3 is 10.2 Å². The summed E-state index contributed by atoms with van der Waals surface area (Å²) >= 11 is 0. The van der Waals surface area contributed by atoms with Gasteiger partial charge in [0.05, 0.1) is 10.8 Å². The molecule has 0 fully saturated rings. The van der Waals surface area contributed by atoms with E-state index in [0.29, 0.717) is 0 Å². The second kappa shape index (κ2) is 7.85. The van der Waals surface area contributed by atoms with Gasteiger partial charge in [0.1, 0.15) is 0 Å². The van der Waals surface area contributed by atoms with Gasteiger partial charge in [0.15, 0.2) is 0 Å². The summed E-state index contributed by atoms with van der Waals surface area (Å²) in [5, 5.41) is 14.8. The van der Waals surface area contributed by atoms with E-state index in [9.17, 15) is 4.21 Å². The molecule has 0 saturated carbocycles. The number of carboxylic acids is 2. The first kappa shape index (κ1) is 15.6. The molecular formula is C14H12O5S. The Hall–Kier alpha value is -2.47. The Morgan fingerprint density at radius 3 is 1.25 bits per heavy atom. The smallest absolute Gasteiger partial charge is 0.414 e. The van der Waals surface area contributed by atoms with Gasteiger partial charge in [-0.2, -0.15) is 0 Å². The molecule has 0 heterocycles. The van der Waals surface area contributed by atoms with Crippen LogP contribution in [0.3, 0.4) is 0 Å². The Bertz CT molecular complexity index is 542. The van der Waals surface area contributed by atoms with Crippen LogP contribution in [0.4, 0.5) is 0 Å². The van der Waals surface area contributed by atoms with Crippen LogP contribution >= 0.6 is 0 Å². The molecule has 0 bridgehead atoms. The van der Waals surface area contributed by atoms with Gasteiger partial charge in [-0.15, -0.1) is 0 Å². The molecule has 2 rings (SSSR count). The highest BCUT2D eigenvalue weighted by Crippen LogP contribution is 2.14. The molecule has 0 spiro atoms. The van der Waals surface area contributed by atoms with Gasteiger partial charge in [-0.05, 0) is 24.3 Å². The molecular weight excluding hydrogens is 280 g/mol. The fourth-order valence-corrected chi connectivity index (χ4v) is 2.31. The molecule has 2 N–H and O–H groups in total. The van der Waals surface area contributed by atoms with Gasteiger partial charge in [0.25, 0.3) is 0 Å². The number of hydrogen-bond acceptors (Lipinski definition) is 3. The van der Waals surface area contributed by atoms with Crippen LogP contribution in [0.2, 0.25) is 0 Å². The first-order valence-electron chi connectivity index (χ1n) is 5.50. The number of aliphatic carboxylic acids is 2. The van der Waals surface area contributed by atoms with E-state index in [1.165, 1.54) is 0 Å². The van der Waals surface area contributed by atoms with E-state index in [1.807, 2.05) is 60.7 Å². The molecule has 0 amide bonds. The number of carboxylic acid groups (broad SMARTS) is 2. The van der Waals surface area contributed by atoms with Gasteiger partial charge in [-0.1, -0.05) is 36.4 Å². The lowest BCUT2D eigenvalue weighted by Gasteiger charge is -2.00. The molecule has 6 heteroatoms. The summed E-state index contributed by atoms with van der Waals surface area (Å²) in [6.45, 7) is 0. The van der Waals surface area contributed by atoms with E-state index in [1.54, 1.807) is 0 Å². The van der Waals surface area contributed by atoms with E-state index in [4.69, 9.17) is 19.8 Å². The van der Waals surface area contributed by atoms with Crippen molar-refractivity contribution in [1.82, 2.24) is 0 Å². The van der Waals surface area contributed by atoms with Crippen molar-refractivity contribution in [2.24, 2.45) is 0 Å². The van der Waals surface area contributed by atoms with Crippen molar-refractivity contribution in [3.8, 4) is 0 Å². The van der Waals surface area contributed by atoms with Crippen LogP contribution in [0.1, 0.15) is 0 Å². The summed E-state index contributed by atoms with van der Waals surface area (Å²) < 4.78 is 12.0. The predicted molar refractivity (Wildman–Crippen MR) is 72.8 cm³/mol. The third-order valence-electron chi connectivity index (χ3n) is 2.10. The minimum Gasteiger partial charge on any atom is -0.473 e. The normalized spacial score (nSPS) is 9.45. The van der Waals surface area contributed by atoms with Crippen molar-refractivity contribution in [2.45, 2.75) is 9.79 Å². The Morgan fingerprint density at radius 2 is 1.00 bits per heavy atom. The topological polar surface area (TPSA) is 91.7 Å². The molecule has 0 aromatic heterocycles. The summed E-state index contributed by atoms with van der Waals surface area (Å²) in [6, 6.07) is 19.0. The van der Waals surface area contributed by atoms with Crippen molar-refractivity contribution < 1.29 is 24.0 Å². The molecule has 0 aliphatic carbocycles. The molecule has 0 unspecified atom stereocenters. The van der Waals surface area contributed by atoms with Gasteiger partial charge >= 0.3 is 11.9 Å². The molecule has 20 heavy (non-hydrogen) atoms. The zero-order chi connectivity index (χ0) is 15.0. The van der Waals surface area contributed by atoms with Crippen molar-refractivity contribution >= 4 is 22.7 Å². The van der Waals surface area contributed by atoms with Gasteiger partial charge in [0, 0.05) is 9.79 Å². The fourth-order valence-electron chi connectivity index (χ4n) is 1.22. The van der Waals surface area contributed by atoms with Gasteiger partial charge in [-0.3, -0.25) is 0 Å². The van der Waals surface area contributed by atoms with Crippen LogP contribution in [-0.4, -0.2) is 26.4 Å². The minimum atomic E-state index is -1.82. The SMILES string of the molecule is O=C(O)C(=O)O.O=S(c1ccccc1)c1ccccc1. The highest BCUT2D eigenvalue weighted by Gasteiger charge is 2.04. The minimum absolute atomic E-state index is 0.846. The average molecular weight is 292 g/mol. The second-order valence-electron chi connectivity index (χ2n) is 3.51. The third kappa shape index (κ3) is 5.03. The van der Waals surface area contributed by atoms with E-state index >= 15 is 0 Å². The molecule has 2 aromatic carbocycles. The zero-order valence-corrected chi connectivity index (χ0v) is 11.1. The third-order valence-corrected chi connectivity index (χ3v) is 3.50. The summed E-state index contributed by atoms with van der Waals surface area (Å²) in [4.78, 5) is 19.9. The molecule has 104 valence electrons. The molecule has 0 aliphatic rings. The Balaban J connectivity index is 0.000000286. The summed E-state index contributed by atoms with van der Waals surface area (Å²) in [7, 11) is -1.05. The zero-order valence-electron chi connectivity index (χ0n) is 10.3. The highest BCUT2D eigenvalue weighted by atomic mass is 32.2. The molecule has 0 aliphatic heterocycles. The maximum Gasteiger partial charge on any atom is 0.414 e. The molecule has 0 atom stereocenters. The molecule has 0 radical (unpaired) electrons. The Morgan fingerprint density at radius 1 is 0.700 bits per heavy atom. The molecule has 2 aromatic rings. The van der Waals surface area contributed by atoms with Crippen LogP contribution in [-0.2, 0) is 20.4 Å². The van der Waals surface area contributed by atoms with Crippen molar-refractivity contribution in [3.05, 3.63) is 60.7 Å². The Labute approximate surface area is 118 Å². The van der Waals surface area contributed by atoms with Crippen LogP contribution in [0.25, 0.3) is 0 Å². The predicted octanol–water partition coefficient (Wildman–Crippen LogP) is 2.01. The van der Waals surface area contributed by atoms with Crippen LogP contribution in [0.15, 0.2) is 70.5 Å². The van der Waals surface area contributed by atoms with Gasteiger partial charge in [-0.25, -0.2) is 13.8 Å². The lowest BCUT2D eigenvalue weighted by Crippen LogP contribution is -2.09. The summed E-state index contributed by atoms with van der Waals surface area (Å²) in [5.74, 6) is -3.65. The standard InChI is InChI=1S/C12H10OS.C2H2O4/c13-14(11-7-3-1-4-8-11)12-9-5-2-6-10-12;3-1(4)2(5)6/h1-10H;(H,3,4)(H,5,6). The first-order valence-corrected chi connectivity index (χ1v) is 6.65. The largest absolute Gasteiger partial charge is 0.473 e. The lowest BCUT2D eigenvalue weighted by molar-refractivity contribution is -0.159. The Kier molecular flexibility index (Phi) is 6.12. The highest BCUT2D eigenvalue weighted by molar-refractivity contribution is 7.85.